The number of aromatic nitrogens is 2. The van der Waals surface area contributed by atoms with Gasteiger partial charge in [0.15, 0.2) is 0 Å². The molecule has 0 saturated heterocycles. The standard InChI is InChI=1S/C15H16F3N3/c1-3-10(2)13-7-8-19-14(21-13)20-12-6-4-5-11(9-12)15(16,17)18/h4-10H,3H2,1-2H3,(H,19,20,21). The number of anilines is 2. The number of nitrogens with one attached hydrogen (secondary N) is 1. The van der Waals surface area contributed by atoms with Gasteiger partial charge in [-0.25, -0.2) is 9.97 Å². The normalized spacial score (nSPS) is 13.0. The number of nitrogens with zero attached hydrogens (tertiary/aromatic N) is 2. The van der Waals surface area contributed by atoms with Crippen LogP contribution in [-0.4, -0.2) is 9.97 Å². The second-order valence-corrected chi connectivity index (χ2v) is 4.82. The number of hydrogen-bond acceptors (Lipinski definition) is 3. The number of alkyl halides is 3. The van der Waals surface area contributed by atoms with E-state index in [9.17, 15) is 13.2 Å². The van der Waals surface area contributed by atoms with Crippen molar-refractivity contribution in [3.05, 3.63) is 47.8 Å². The zero-order valence-corrected chi connectivity index (χ0v) is 11.8. The molecular formula is C15H16F3N3. The Labute approximate surface area is 121 Å². The summed E-state index contributed by atoms with van der Waals surface area (Å²) >= 11 is 0. The van der Waals surface area contributed by atoms with E-state index in [-0.39, 0.29) is 5.92 Å². The second kappa shape index (κ2) is 6.11. The summed E-state index contributed by atoms with van der Waals surface area (Å²) in [7, 11) is 0. The molecule has 1 heterocycles. The molecule has 6 heteroatoms. The van der Waals surface area contributed by atoms with E-state index in [2.05, 4.69) is 15.3 Å². The lowest BCUT2D eigenvalue weighted by molar-refractivity contribution is -0.137. The van der Waals surface area contributed by atoms with Gasteiger partial charge in [0.05, 0.1) is 5.56 Å². The molecule has 1 aromatic heterocycles. The maximum absolute atomic E-state index is 12.7. The first-order valence-electron chi connectivity index (χ1n) is 6.67. The second-order valence-electron chi connectivity index (χ2n) is 4.82. The van der Waals surface area contributed by atoms with Gasteiger partial charge < -0.3 is 5.32 Å². The molecule has 0 aliphatic heterocycles. The molecule has 1 aromatic carbocycles. The van der Waals surface area contributed by atoms with Crippen molar-refractivity contribution >= 4 is 11.6 Å². The van der Waals surface area contributed by atoms with Crippen molar-refractivity contribution in [2.24, 2.45) is 0 Å². The van der Waals surface area contributed by atoms with E-state index in [4.69, 9.17) is 0 Å². The van der Waals surface area contributed by atoms with Gasteiger partial charge in [-0.05, 0) is 36.6 Å². The van der Waals surface area contributed by atoms with Crippen molar-refractivity contribution in [2.45, 2.75) is 32.4 Å². The molecule has 21 heavy (non-hydrogen) atoms. The number of hydrogen-bond donors (Lipinski definition) is 1. The van der Waals surface area contributed by atoms with Crippen LogP contribution in [0.4, 0.5) is 24.8 Å². The van der Waals surface area contributed by atoms with Crippen LogP contribution in [0.5, 0.6) is 0 Å². The first kappa shape index (κ1) is 15.3. The van der Waals surface area contributed by atoms with Crippen molar-refractivity contribution in [2.75, 3.05) is 5.32 Å². The van der Waals surface area contributed by atoms with Gasteiger partial charge in [0.2, 0.25) is 5.95 Å². The number of benzene rings is 1. The molecule has 0 radical (unpaired) electrons. The van der Waals surface area contributed by atoms with Crippen molar-refractivity contribution in [3.8, 4) is 0 Å². The van der Waals surface area contributed by atoms with E-state index in [0.717, 1.165) is 24.2 Å². The Kier molecular flexibility index (Phi) is 4.45. The lowest BCUT2D eigenvalue weighted by Gasteiger charge is -2.12. The van der Waals surface area contributed by atoms with Gasteiger partial charge in [0.25, 0.3) is 0 Å². The smallest absolute Gasteiger partial charge is 0.324 e. The van der Waals surface area contributed by atoms with Gasteiger partial charge in [-0.2, -0.15) is 13.2 Å². The van der Waals surface area contributed by atoms with Crippen LogP contribution in [0.1, 0.15) is 37.4 Å². The topological polar surface area (TPSA) is 37.8 Å². The Balaban J connectivity index is 2.22. The summed E-state index contributed by atoms with van der Waals surface area (Å²) in [5.74, 6) is 0.571. The molecule has 112 valence electrons. The minimum Gasteiger partial charge on any atom is -0.324 e. The molecule has 1 N–H and O–H groups in total. The number of rotatable bonds is 4. The van der Waals surface area contributed by atoms with Gasteiger partial charge in [0, 0.05) is 17.6 Å². The molecule has 0 aliphatic carbocycles. The van der Waals surface area contributed by atoms with Crippen LogP contribution in [0.3, 0.4) is 0 Å². The van der Waals surface area contributed by atoms with E-state index in [1.165, 1.54) is 6.07 Å². The quantitative estimate of drug-likeness (QED) is 0.884. The fourth-order valence-electron chi connectivity index (χ4n) is 1.82. The third-order valence-corrected chi connectivity index (χ3v) is 3.24. The highest BCUT2D eigenvalue weighted by molar-refractivity contribution is 5.54. The Bertz CT molecular complexity index is 611. The summed E-state index contributed by atoms with van der Waals surface area (Å²) in [5.41, 5.74) is 0.471. The third kappa shape index (κ3) is 3.93. The van der Waals surface area contributed by atoms with Gasteiger partial charge in [-0.15, -0.1) is 0 Å². The lowest BCUT2D eigenvalue weighted by Crippen LogP contribution is -2.06. The minimum absolute atomic E-state index is 0.273. The molecule has 0 spiro atoms. The molecule has 0 amide bonds. The molecule has 1 unspecified atom stereocenters. The Morgan fingerprint density at radius 2 is 2.00 bits per heavy atom. The van der Waals surface area contributed by atoms with E-state index in [1.807, 2.05) is 19.9 Å². The highest BCUT2D eigenvalue weighted by Crippen LogP contribution is 2.31. The van der Waals surface area contributed by atoms with Crippen LogP contribution >= 0.6 is 0 Å². The molecule has 3 nitrogen and oxygen atoms in total. The molecule has 2 aromatic rings. The molecular weight excluding hydrogens is 279 g/mol. The highest BCUT2D eigenvalue weighted by Gasteiger charge is 2.30. The number of halogens is 3. The molecule has 0 fully saturated rings. The van der Waals surface area contributed by atoms with Gasteiger partial charge in [-0.1, -0.05) is 19.9 Å². The van der Waals surface area contributed by atoms with Gasteiger partial charge >= 0.3 is 6.18 Å². The molecule has 0 bridgehead atoms. The fraction of sp³-hybridized carbons (Fsp3) is 0.333. The van der Waals surface area contributed by atoms with E-state index < -0.39 is 11.7 Å². The summed E-state index contributed by atoms with van der Waals surface area (Å²) < 4.78 is 38.0. The third-order valence-electron chi connectivity index (χ3n) is 3.24. The van der Waals surface area contributed by atoms with Gasteiger partial charge in [0.1, 0.15) is 0 Å². The van der Waals surface area contributed by atoms with E-state index >= 15 is 0 Å². The SMILES string of the molecule is CCC(C)c1ccnc(Nc2cccc(C(F)(F)F)c2)n1. The van der Waals surface area contributed by atoms with Crippen molar-refractivity contribution in [1.82, 2.24) is 9.97 Å². The van der Waals surface area contributed by atoms with E-state index in [1.54, 1.807) is 12.3 Å². The first-order chi connectivity index (χ1) is 9.90. The van der Waals surface area contributed by atoms with Crippen molar-refractivity contribution < 1.29 is 13.2 Å². The zero-order chi connectivity index (χ0) is 15.5. The van der Waals surface area contributed by atoms with Crippen LogP contribution < -0.4 is 5.32 Å². The molecule has 0 aliphatic rings. The average Bonchev–Trinajstić information content (AvgIpc) is 2.46. The van der Waals surface area contributed by atoms with Crippen LogP contribution in [0.25, 0.3) is 0 Å². The average molecular weight is 295 g/mol. The van der Waals surface area contributed by atoms with Crippen LogP contribution in [0.15, 0.2) is 36.5 Å². The monoisotopic (exact) mass is 295 g/mol. The minimum atomic E-state index is -4.36. The predicted molar refractivity (Wildman–Crippen MR) is 75.5 cm³/mol. The van der Waals surface area contributed by atoms with Gasteiger partial charge in [-0.3, -0.25) is 0 Å². The molecule has 0 saturated carbocycles. The summed E-state index contributed by atoms with van der Waals surface area (Å²) in [4.78, 5) is 8.37. The first-order valence-corrected chi connectivity index (χ1v) is 6.67. The molecule has 2 rings (SSSR count). The largest absolute Gasteiger partial charge is 0.416 e. The van der Waals surface area contributed by atoms with Crippen molar-refractivity contribution in [1.29, 1.82) is 0 Å². The van der Waals surface area contributed by atoms with Crippen LogP contribution in [0.2, 0.25) is 0 Å². The Morgan fingerprint density at radius 1 is 1.24 bits per heavy atom. The summed E-state index contributed by atoms with van der Waals surface area (Å²) in [6.07, 6.45) is -1.83. The Hall–Kier alpha value is -2.11. The van der Waals surface area contributed by atoms with Crippen LogP contribution in [-0.2, 0) is 6.18 Å². The fourth-order valence-corrected chi connectivity index (χ4v) is 1.82. The van der Waals surface area contributed by atoms with E-state index in [0.29, 0.717) is 11.6 Å². The van der Waals surface area contributed by atoms with Crippen molar-refractivity contribution in [3.63, 3.8) is 0 Å². The highest BCUT2D eigenvalue weighted by atomic mass is 19.4. The predicted octanol–water partition coefficient (Wildman–Crippen LogP) is 4.75. The summed E-state index contributed by atoms with van der Waals surface area (Å²) in [6.45, 7) is 4.09. The molecule has 1 atom stereocenters. The van der Waals surface area contributed by atoms with Crippen LogP contribution in [0, 0.1) is 0 Å². The lowest BCUT2D eigenvalue weighted by atomic mass is 10.1. The zero-order valence-electron chi connectivity index (χ0n) is 11.8. The Morgan fingerprint density at radius 3 is 2.67 bits per heavy atom. The maximum Gasteiger partial charge on any atom is 0.416 e. The summed E-state index contributed by atoms with van der Waals surface area (Å²) in [5, 5.41) is 2.81. The maximum atomic E-state index is 12.7. The summed E-state index contributed by atoms with van der Waals surface area (Å²) in [6, 6.07) is 6.78.